The first-order chi connectivity index (χ1) is 8.74. The molecule has 2 heterocycles. The number of nitrogens with zero attached hydrogens (tertiary/aromatic N) is 1. The van der Waals surface area contributed by atoms with Gasteiger partial charge >= 0.3 is 5.97 Å². The molecule has 6 heteroatoms. The summed E-state index contributed by atoms with van der Waals surface area (Å²) < 4.78 is 0. The molecule has 0 bridgehead atoms. The van der Waals surface area contributed by atoms with Crippen LogP contribution in [0.3, 0.4) is 0 Å². The lowest BCUT2D eigenvalue weighted by Gasteiger charge is -2.21. The van der Waals surface area contributed by atoms with Crippen LogP contribution in [0.5, 0.6) is 0 Å². The molecule has 0 atom stereocenters. The fourth-order valence-corrected chi connectivity index (χ4v) is 3.88. The third kappa shape index (κ3) is 4.49. The van der Waals surface area contributed by atoms with Gasteiger partial charge in [-0.15, -0.1) is 11.3 Å². The Morgan fingerprint density at radius 1 is 1.50 bits per heavy atom. The number of aliphatic carboxylic acids is 1. The molecule has 1 aromatic rings. The first-order valence-corrected chi connectivity index (χ1v) is 8.25. The number of carboxylic acids is 1. The number of thiazole rings is 1. The van der Waals surface area contributed by atoms with Crippen molar-refractivity contribution in [3.05, 3.63) is 11.1 Å². The van der Waals surface area contributed by atoms with E-state index < -0.39 is 5.97 Å². The zero-order valence-electron chi connectivity index (χ0n) is 10.2. The van der Waals surface area contributed by atoms with Crippen molar-refractivity contribution in [2.75, 3.05) is 23.4 Å². The quantitative estimate of drug-likeness (QED) is 0.842. The van der Waals surface area contributed by atoms with Crippen LogP contribution < -0.4 is 5.32 Å². The Hall–Kier alpha value is -0.750. The van der Waals surface area contributed by atoms with Crippen LogP contribution >= 0.6 is 23.1 Å². The smallest absolute Gasteiger partial charge is 0.303 e. The van der Waals surface area contributed by atoms with Gasteiger partial charge in [-0.05, 0) is 30.3 Å². The van der Waals surface area contributed by atoms with Crippen molar-refractivity contribution in [3.8, 4) is 0 Å². The second-order valence-corrected chi connectivity index (χ2v) is 6.56. The molecule has 1 aliphatic rings. The first kappa shape index (κ1) is 13.7. The standard InChI is InChI=1S/C12H18N2O2S2/c15-11(16)2-1-10-8-18-12(14-10)13-7-9-3-5-17-6-4-9/h8-9H,1-7H2,(H,13,14)(H,15,16). The molecule has 0 amide bonds. The molecular weight excluding hydrogens is 268 g/mol. The minimum Gasteiger partial charge on any atom is -0.481 e. The molecule has 0 spiro atoms. The molecule has 1 aliphatic heterocycles. The zero-order chi connectivity index (χ0) is 12.8. The minimum atomic E-state index is -0.766. The van der Waals surface area contributed by atoms with Crippen LogP contribution in [0.2, 0.25) is 0 Å². The van der Waals surface area contributed by atoms with Crippen molar-refractivity contribution in [1.29, 1.82) is 0 Å². The average molecular weight is 286 g/mol. The van der Waals surface area contributed by atoms with E-state index >= 15 is 0 Å². The van der Waals surface area contributed by atoms with Crippen LogP contribution in [-0.4, -0.2) is 34.1 Å². The number of aromatic nitrogens is 1. The lowest BCUT2D eigenvalue weighted by Crippen LogP contribution is -2.19. The van der Waals surface area contributed by atoms with E-state index in [2.05, 4.69) is 10.3 Å². The van der Waals surface area contributed by atoms with Crippen molar-refractivity contribution >= 4 is 34.2 Å². The molecule has 18 heavy (non-hydrogen) atoms. The third-order valence-corrected chi connectivity index (χ3v) is 4.93. The Bertz CT molecular complexity index is 389. The SMILES string of the molecule is O=C(O)CCc1csc(NCC2CCSCC2)n1. The van der Waals surface area contributed by atoms with Crippen LogP contribution in [0.4, 0.5) is 5.13 Å². The summed E-state index contributed by atoms with van der Waals surface area (Å²) in [5, 5.41) is 14.9. The first-order valence-electron chi connectivity index (χ1n) is 6.22. The Morgan fingerprint density at radius 2 is 2.28 bits per heavy atom. The van der Waals surface area contributed by atoms with E-state index in [1.54, 1.807) is 11.3 Å². The molecule has 1 saturated heterocycles. The molecule has 1 aromatic heterocycles. The maximum absolute atomic E-state index is 10.5. The highest BCUT2D eigenvalue weighted by molar-refractivity contribution is 7.99. The lowest BCUT2D eigenvalue weighted by molar-refractivity contribution is -0.136. The van der Waals surface area contributed by atoms with Gasteiger partial charge in [-0.1, -0.05) is 0 Å². The topological polar surface area (TPSA) is 62.2 Å². The fraction of sp³-hybridized carbons (Fsp3) is 0.667. The van der Waals surface area contributed by atoms with Gasteiger partial charge < -0.3 is 10.4 Å². The van der Waals surface area contributed by atoms with Gasteiger partial charge in [-0.3, -0.25) is 4.79 Å². The summed E-state index contributed by atoms with van der Waals surface area (Å²) in [4.78, 5) is 14.9. The predicted octanol–water partition coefficient (Wildman–Crippen LogP) is 2.72. The lowest BCUT2D eigenvalue weighted by atomic mass is 10.0. The summed E-state index contributed by atoms with van der Waals surface area (Å²) in [5.74, 6) is 2.54. The highest BCUT2D eigenvalue weighted by Crippen LogP contribution is 2.24. The van der Waals surface area contributed by atoms with Gasteiger partial charge in [0.05, 0.1) is 12.1 Å². The predicted molar refractivity (Wildman–Crippen MR) is 76.6 cm³/mol. The van der Waals surface area contributed by atoms with E-state index in [0.717, 1.165) is 23.3 Å². The Morgan fingerprint density at radius 3 is 3.00 bits per heavy atom. The summed E-state index contributed by atoms with van der Waals surface area (Å²) in [6.45, 7) is 0.993. The molecule has 0 radical (unpaired) electrons. The summed E-state index contributed by atoms with van der Waals surface area (Å²) in [5.41, 5.74) is 0.879. The van der Waals surface area contributed by atoms with E-state index in [1.807, 2.05) is 17.1 Å². The zero-order valence-corrected chi connectivity index (χ0v) is 11.9. The molecule has 2 N–H and O–H groups in total. The Kier molecular flexibility index (Phi) is 5.31. The van der Waals surface area contributed by atoms with Crippen LogP contribution in [-0.2, 0) is 11.2 Å². The molecule has 0 aliphatic carbocycles. The number of thioether (sulfide) groups is 1. The molecule has 2 rings (SSSR count). The van der Waals surface area contributed by atoms with Crippen molar-refractivity contribution in [1.82, 2.24) is 4.98 Å². The minimum absolute atomic E-state index is 0.156. The molecule has 4 nitrogen and oxygen atoms in total. The maximum Gasteiger partial charge on any atom is 0.303 e. The largest absolute Gasteiger partial charge is 0.481 e. The maximum atomic E-state index is 10.5. The summed E-state index contributed by atoms with van der Waals surface area (Å²) in [7, 11) is 0. The van der Waals surface area contributed by atoms with Gasteiger partial charge in [0, 0.05) is 18.3 Å². The second-order valence-electron chi connectivity index (χ2n) is 4.47. The highest BCUT2D eigenvalue weighted by Gasteiger charge is 2.14. The number of anilines is 1. The number of hydrogen-bond donors (Lipinski definition) is 2. The molecule has 0 unspecified atom stereocenters. The fourth-order valence-electron chi connectivity index (χ4n) is 1.92. The van der Waals surface area contributed by atoms with E-state index in [4.69, 9.17) is 5.11 Å². The molecule has 0 aromatic carbocycles. The number of carbonyl (C=O) groups is 1. The van der Waals surface area contributed by atoms with E-state index in [1.165, 1.54) is 24.3 Å². The molecule has 1 fully saturated rings. The van der Waals surface area contributed by atoms with Crippen LogP contribution in [0.1, 0.15) is 25.0 Å². The van der Waals surface area contributed by atoms with Crippen molar-refractivity contribution in [2.45, 2.75) is 25.7 Å². The van der Waals surface area contributed by atoms with Crippen molar-refractivity contribution in [2.24, 2.45) is 5.92 Å². The summed E-state index contributed by atoms with van der Waals surface area (Å²) in [6, 6.07) is 0. The van der Waals surface area contributed by atoms with E-state index in [0.29, 0.717) is 6.42 Å². The van der Waals surface area contributed by atoms with Gasteiger partial charge in [0.25, 0.3) is 0 Å². The van der Waals surface area contributed by atoms with E-state index in [9.17, 15) is 4.79 Å². The molecular formula is C12H18N2O2S2. The Balaban J connectivity index is 1.73. The number of rotatable bonds is 6. The summed E-state index contributed by atoms with van der Waals surface area (Å²) in [6.07, 6.45) is 3.25. The van der Waals surface area contributed by atoms with Crippen molar-refractivity contribution in [3.63, 3.8) is 0 Å². The number of aryl methyl sites for hydroxylation is 1. The van der Waals surface area contributed by atoms with Gasteiger partial charge in [0.1, 0.15) is 0 Å². The number of nitrogens with one attached hydrogen (secondary N) is 1. The van der Waals surface area contributed by atoms with Gasteiger partial charge in [0.15, 0.2) is 5.13 Å². The van der Waals surface area contributed by atoms with Crippen molar-refractivity contribution < 1.29 is 9.90 Å². The Labute approximate surface area is 115 Å². The van der Waals surface area contributed by atoms with Gasteiger partial charge in [0.2, 0.25) is 0 Å². The monoisotopic (exact) mass is 286 g/mol. The van der Waals surface area contributed by atoms with Crippen LogP contribution in [0.15, 0.2) is 5.38 Å². The van der Waals surface area contributed by atoms with E-state index in [-0.39, 0.29) is 6.42 Å². The highest BCUT2D eigenvalue weighted by atomic mass is 32.2. The third-order valence-electron chi connectivity index (χ3n) is 3.03. The number of hydrogen-bond acceptors (Lipinski definition) is 5. The van der Waals surface area contributed by atoms with Crippen LogP contribution in [0, 0.1) is 5.92 Å². The summed E-state index contributed by atoms with van der Waals surface area (Å²) >= 11 is 3.61. The average Bonchev–Trinajstić information content (AvgIpc) is 2.83. The molecule has 0 saturated carbocycles. The second kappa shape index (κ2) is 6.99. The van der Waals surface area contributed by atoms with Gasteiger partial charge in [-0.25, -0.2) is 4.98 Å². The molecule has 100 valence electrons. The van der Waals surface area contributed by atoms with Crippen LogP contribution in [0.25, 0.3) is 0 Å². The number of carboxylic acid groups (broad SMARTS) is 1. The normalized spacial score (nSPS) is 16.7. The van der Waals surface area contributed by atoms with Gasteiger partial charge in [-0.2, -0.15) is 11.8 Å².